The van der Waals surface area contributed by atoms with Gasteiger partial charge in [0.25, 0.3) is 0 Å². The van der Waals surface area contributed by atoms with E-state index in [1.165, 1.54) is 6.07 Å². The van der Waals surface area contributed by atoms with Gasteiger partial charge in [-0.05, 0) is 12.1 Å². The molecule has 0 bridgehead atoms. The van der Waals surface area contributed by atoms with Gasteiger partial charge in [-0.15, -0.1) is 0 Å². The van der Waals surface area contributed by atoms with Crippen molar-refractivity contribution in [1.29, 1.82) is 0 Å². The van der Waals surface area contributed by atoms with Crippen LogP contribution in [-0.4, -0.2) is 32.3 Å². The van der Waals surface area contributed by atoms with E-state index in [4.69, 9.17) is 5.11 Å². The number of carboxylic acids is 1. The monoisotopic (exact) mass is 221 g/mol. The second kappa shape index (κ2) is 3.73. The Hall–Kier alpha value is -2.24. The summed E-state index contributed by atoms with van der Waals surface area (Å²) in [6, 6.07) is 4.82. The Bertz CT molecular complexity index is 547. The molecule has 1 heterocycles. The molecule has 0 atom stereocenters. The average molecular weight is 221 g/mol. The summed E-state index contributed by atoms with van der Waals surface area (Å²) >= 11 is 0. The van der Waals surface area contributed by atoms with E-state index in [1.807, 2.05) is 0 Å². The first kappa shape index (κ1) is 10.3. The van der Waals surface area contributed by atoms with Crippen LogP contribution < -0.4 is 5.32 Å². The van der Waals surface area contributed by atoms with Gasteiger partial charge in [0.15, 0.2) is 0 Å². The van der Waals surface area contributed by atoms with Gasteiger partial charge >= 0.3 is 5.97 Å². The summed E-state index contributed by atoms with van der Waals surface area (Å²) in [7, 11) is 1.77. The number of benzene rings is 1. The first-order valence-corrected chi connectivity index (χ1v) is 4.69. The van der Waals surface area contributed by atoms with Crippen molar-refractivity contribution in [2.24, 2.45) is 7.05 Å². The molecule has 0 saturated carbocycles. The molecule has 0 aliphatic rings. The molecule has 6 heteroatoms. The number of phenolic OH excluding ortho intramolecular Hbond substituents is 1. The number of aromatic hydroxyl groups is 1. The van der Waals surface area contributed by atoms with E-state index in [2.05, 4.69) is 10.3 Å². The van der Waals surface area contributed by atoms with E-state index in [-0.39, 0.29) is 12.3 Å². The number of aliphatic carboxylic acids is 1. The number of imidazole rings is 1. The molecule has 1 aromatic carbocycles. The third-order valence-electron chi connectivity index (χ3n) is 2.26. The zero-order valence-electron chi connectivity index (χ0n) is 8.64. The number of nitrogens with one attached hydrogen (secondary N) is 1. The Kier molecular flexibility index (Phi) is 2.40. The predicted octanol–water partition coefficient (Wildman–Crippen LogP) is 0.775. The molecular weight excluding hydrogens is 210 g/mol. The Labute approximate surface area is 91.1 Å². The van der Waals surface area contributed by atoms with Gasteiger partial charge in [-0.25, -0.2) is 4.98 Å². The number of rotatable bonds is 3. The third kappa shape index (κ3) is 1.77. The molecule has 0 radical (unpaired) electrons. The highest BCUT2D eigenvalue weighted by Gasteiger charge is 2.08. The van der Waals surface area contributed by atoms with E-state index >= 15 is 0 Å². The molecule has 2 rings (SSSR count). The van der Waals surface area contributed by atoms with Crippen LogP contribution in [0.4, 0.5) is 5.95 Å². The van der Waals surface area contributed by atoms with Gasteiger partial charge in [0.2, 0.25) is 5.95 Å². The minimum Gasteiger partial charge on any atom is -0.508 e. The SMILES string of the molecule is Cn1c(NCC(=O)O)nc2cc(O)ccc21. The molecule has 0 unspecified atom stereocenters. The number of aryl methyl sites for hydroxylation is 1. The van der Waals surface area contributed by atoms with E-state index < -0.39 is 5.97 Å². The third-order valence-corrected chi connectivity index (χ3v) is 2.26. The number of phenols is 1. The van der Waals surface area contributed by atoms with E-state index in [0.29, 0.717) is 11.5 Å². The summed E-state index contributed by atoms with van der Waals surface area (Å²) in [5.74, 6) is -0.353. The standard InChI is InChI=1S/C10H11N3O3/c1-13-8-3-2-6(14)4-7(8)12-10(13)11-5-9(15)16/h2-4,14H,5H2,1H3,(H,11,12)(H,15,16). The van der Waals surface area contributed by atoms with Crippen LogP contribution in [-0.2, 0) is 11.8 Å². The molecule has 1 aromatic heterocycles. The molecule has 0 saturated heterocycles. The minimum atomic E-state index is -0.949. The smallest absolute Gasteiger partial charge is 0.322 e. The van der Waals surface area contributed by atoms with Crippen molar-refractivity contribution in [1.82, 2.24) is 9.55 Å². The van der Waals surface area contributed by atoms with Crippen molar-refractivity contribution in [3.05, 3.63) is 18.2 Å². The van der Waals surface area contributed by atoms with Crippen molar-refractivity contribution in [3.8, 4) is 5.75 Å². The maximum atomic E-state index is 10.4. The van der Waals surface area contributed by atoms with Crippen LogP contribution in [0.5, 0.6) is 5.75 Å². The maximum Gasteiger partial charge on any atom is 0.322 e. The number of carboxylic acid groups (broad SMARTS) is 1. The lowest BCUT2D eigenvalue weighted by atomic mass is 10.3. The zero-order chi connectivity index (χ0) is 11.7. The van der Waals surface area contributed by atoms with Crippen LogP contribution in [0.1, 0.15) is 0 Å². The summed E-state index contributed by atoms with van der Waals surface area (Å²) in [4.78, 5) is 14.6. The maximum absolute atomic E-state index is 10.4. The molecule has 6 nitrogen and oxygen atoms in total. The molecule has 3 N–H and O–H groups in total. The van der Waals surface area contributed by atoms with Gasteiger partial charge in [-0.3, -0.25) is 4.79 Å². The van der Waals surface area contributed by atoms with E-state index in [1.54, 1.807) is 23.7 Å². The van der Waals surface area contributed by atoms with Crippen LogP contribution in [0.3, 0.4) is 0 Å². The first-order chi connectivity index (χ1) is 7.58. The molecule has 0 spiro atoms. The number of hydrogen-bond donors (Lipinski definition) is 3. The Balaban J connectivity index is 2.39. The topological polar surface area (TPSA) is 87.4 Å². The largest absolute Gasteiger partial charge is 0.508 e. The second-order valence-electron chi connectivity index (χ2n) is 3.41. The van der Waals surface area contributed by atoms with Gasteiger partial charge in [-0.1, -0.05) is 0 Å². The summed E-state index contributed by atoms with van der Waals surface area (Å²) in [5.41, 5.74) is 1.45. The molecule has 2 aromatic rings. The molecule has 16 heavy (non-hydrogen) atoms. The summed E-state index contributed by atoms with van der Waals surface area (Å²) in [5, 5.41) is 20.5. The highest BCUT2D eigenvalue weighted by atomic mass is 16.4. The number of aromatic nitrogens is 2. The van der Waals surface area contributed by atoms with Crippen molar-refractivity contribution in [3.63, 3.8) is 0 Å². The normalized spacial score (nSPS) is 10.6. The summed E-state index contributed by atoms with van der Waals surface area (Å²) in [6.07, 6.45) is 0. The summed E-state index contributed by atoms with van der Waals surface area (Å²) in [6.45, 7) is -0.191. The Morgan fingerprint density at radius 1 is 1.56 bits per heavy atom. The first-order valence-electron chi connectivity index (χ1n) is 4.69. The van der Waals surface area contributed by atoms with Crippen molar-refractivity contribution in [2.75, 3.05) is 11.9 Å². The fourth-order valence-corrected chi connectivity index (χ4v) is 1.50. The Morgan fingerprint density at radius 3 is 3.00 bits per heavy atom. The van der Waals surface area contributed by atoms with Crippen LogP contribution in [0.2, 0.25) is 0 Å². The van der Waals surface area contributed by atoms with Crippen molar-refractivity contribution >= 4 is 23.0 Å². The molecule has 84 valence electrons. The molecule has 0 aliphatic heterocycles. The number of fused-ring (bicyclic) bond motifs is 1. The number of carbonyl (C=O) groups is 1. The zero-order valence-corrected chi connectivity index (χ0v) is 8.64. The second-order valence-corrected chi connectivity index (χ2v) is 3.41. The van der Waals surface area contributed by atoms with E-state index in [0.717, 1.165) is 5.52 Å². The number of nitrogens with zero attached hydrogens (tertiary/aromatic N) is 2. The molecule has 0 amide bonds. The quantitative estimate of drug-likeness (QED) is 0.712. The van der Waals surface area contributed by atoms with E-state index in [9.17, 15) is 9.90 Å². The van der Waals surface area contributed by atoms with Gasteiger partial charge in [-0.2, -0.15) is 0 Å². The summed E-state index contributed by atoms with van der Waals surface area (Å²) < 4.78 is 1.73. The van der Waals surface area contributed by atoms with Crippen molar-refractivity contribution in [2.45, 2.75) is 0 Å². The van der Waals surface area contributed by atoms with Crippen molar-refractivity contribution < 1.29 is 15.0 Å². The predicted molar refractivity (Wildman–Crippen MR) is 58.5 cm³/mol. The molecule has 0 fully saturated rings. The lowest BCUT2D eigenvalue weighted by Gasteiger charge is -2.02. The highest BCUT2D eigenvalue weighted by molar-refractivity contribution is 5.81. The molecule has 0 aliphatic carbocycles. The number of hydrogen-bond acceptors (Lipinski definition) is 4. The average Bonchev–Trinajstić information content (AvgIpc) is 2.52. The van der Waals surface area contributed by atoms with Crippen LogP contribution in [0.25, 0.3) is 11.0 Å². The van der Waals surface area contributed by atoms with Crippen LogP contribution >= 0.6 is 0 Å². The van der Waals surface area contributed by atoms with Gasteiger partial charge in [0.1, 0.15) is 12.3 Å². The Morgan fingerprint density at radius 2 is 2.31 bits per heavy atom. The minimum absolute atomic E-state index is 0.135. The highest BCUT2D eigenvalue weighted by Crippen LogP contribution is 2.21. The number of anilines is 1. The van der Waals surface area contributed by atoms with Gasteiger partial charge in [0.05, 0.1) is 11.0 Å². The lowest BCUT2D eigenvalue weighted by molar-refractivity contribution is -0.134. The lowest BCUT2D eigenvalue weighted by Crippen LogP contribution is -2.14. The molecular formula is C10H11N3O3. The van der Waals surface area contributed by atoms with Gasteiger partial charge < -0.3 is 20.1 Å². The van der Waals surface area contributed by atoms with Crippen LogP contribution in [0, 0.1) is 0 Å². The van der Waals surface area contributed by atoms with Crippen LogP contribution in [0.15, 0.2) is 18.2 Å². The van der Waals surface area contributed by atoms with Gasteiger partial charge in [0, 0.05) is 13.1 Å². The fourth-order valence-electron chi connectivity index (χ4n) is 1.50. The fraction of sp³-hybridized carbons (Fsp3) is 0.200.